The van der Waals surface area contributed by atoms with Crippen molar-refractivity contribution in [1.29, 1.82) is 0 Å². The van der Waals surface area contributed by atoms with E-state index in [9.17, 15) is 4.39 Å². The molecule has 1 heterocycles. The van der Waals surface area contributed by atoms with Crippen LogP contribution < -0.4 is 10.6 Å². The van der Waals surface area contributed by atoms with E-state index in [2.05, 4.69) is 27.7 Å². The summed E-state index contributed by atoms with van der Waals surface area (Å²) in [6.45, 7) is 4.15. The van der Waals surface area contributed by atoms with Gasteiger partial charge in [-0.2, -0.15) is 0 Å². The summed E-state index contributed by atoms with van der Waals surface area (Å²) in [5.41, 5.74) is 3.37. The molecule has 122 valence electrons. The maximum absolute atomic E-state index is 13.5. The van der Waals surface area contributed by atoms with Crippen molar-refractivity contribution in [2.45, 2.75) is 12.6 Å². The number of alkyl halides is 1. The summed E-state index contributed by atoms with van der Waals surface area (Å²) in [7, 11) is 0. The Hall–Kier alpha value is -1.91. The monoisotopic (exact) mass is 313 g/mol. The predicted octanol–water partition coefficient (Wildman–Crippen LogP) is 3.21. The molecule has 4 heteroatoms. The Morgan fingerprint density at radius 3 is 2.35 bits per heavy atom. The molecule has 0 unspecified atom stereocenters. The fourth-order valence-corrected chi connectivity index (χ4v) is 3.01. The Bertz CT molecular complexity index is 579. The maximum Gasteiger partial charge on any atom is 0.109 e. The molecule has 0 aliphatic carbocycles. The molecule has 3 rings (SSSR count). The lowest BCUT2D eigenvalue weighted by atomic mass is 10.0. The third-order valence-corrected chi connectivity index (χ3v) is 4.37. The molecule has 1 fully saturated rings. The molecular weight excluding hydrogens is 289 g/mol. The summed E-state index contributed by atoms with van der Waals surface area (Å²) in [5, 5.41) is 6.72. The van der Waals surface area contributed by atoms with Crippen LogP contribution in [0.5, 0.6) is 0 Å². The molecule has 23 heavy (non-hydrogen) atoms. The Morgan fingerprint density at radius 2 is 1.70 bits per heavy atom. The predicted molar refractivity (Wildman–Crippen MR) is 93.4 cm³/mol. The first-order valence-electron chi connectivity index (χ1n) is 8.25. The van der Waals surface area contributed by atoms with E-state index >= 15 is 0 Å². The first-order chi connectivity index (χ1) is 11.4. The Labute approximate surface area is 137 Å². The average Bonchev–Trinajstić information content (AvgIpc) is 2.63. The van der Waals surface area contributed by atoms with E-state index < -0.39 is 0 Å². The van der Waals surface area contributed by atoms with Gasteiger partial charge in [0.15, 0.2) is 0 Å². The van der Waals surface area contributed by atoms with Gasteiger partial charge in [0.2, 0.25) is 0 Å². The van der Waals surface area contributed by atoms with Crippen molar-refractivity contribution in [2.75, 3.05) is 38.2 Å². The highest BCUT2D eigenvalue weighted by Gasteiger charge is 2.21. The molecule has 1 aliphatic heterocycles. The minimum absolute atomic E-state index is 0.125. The molecule has 0 spiro atoms. The van der Waals surface area contributed by atoms with Gasteiger partial charge in [-0.05, 0) is 23.3 Å². The molecule has 0 amide bonds. The maximum atomic E-state index is 13.5. The van der Waals surface area contributed by atoms with Gasteiger partial charge in [0.1, 0.15) is 6.67 Å². The number of anilines is 1. The number of piperazine rings is 1. The first-order valence-corrected chi connectivity index (χ1v) is 8.25. The van der Waals surface area contributed by atoms with Gasteiger partial charge in [0, 0.05) is 38.4 Å². The summed E-state index contributed by atoms with van der Waals surface area (Å²) < 4.78 is 13.5. The minimum atomic E-state index is -0.337. The number of hydrogen-bond donors (Lipinski definition) is 2. The molecule has 0 radical (unpaired) electrons. The van der Waals surface area contributed by atoms with Crippen LogP contribution in [0.15, 0.2) is 54.6 Å². The standard InChI is InChI=1S/C19H24FN3/c20-14-19(23-12-10-21-11-13-23)17-6-8-18(9-7-17)22-15-16-4-2-1-3-5-16/h1-9,19,21-22H,10-15H2/t19-/m1/s1. The van der Waals surface area contributed by atoms with Crippen LogP contribution in [0.4, 0.5) is 10.1 Å². The third-order valence-electron chi connectivity index (χ3n) is 4.37. The number of halogens is 1. The molecule has 0 saturated carbocycles. The molecule has 0 aromatic heterocycles. The molecule has 1 atom stereocenters. The van der Waals surface area contributed by atoms with Crippen molar-refractivity contribution in [2.24, 2.45) is 0 Å². The van der Waals surface area contributed by atoms with Crippen LogP contribution in [0.3, 0.4) is 0 Å². The van der Waals surface area contributed by atoms with Gasteiger partial charge in [0.05, 0.1) is 6.04 Å². The van der Waals surface area contributed by atoms with E-state index in [1.165, 1.54) is 5.56 Å². The van der Waals surface area contributed by atoms with Crippen molar-refractivity contribution >= 4 is 5.69 Å². The van der Waals surface area contributed by atoms with Crippen LogP contribution in [0.25, 0.3) is 0 Å². The highest BCUT2D eigenvalue weighted by molar-refractivity contribution is 5.45. The smallest absolute Gasteiger partial charge is 0.109 e. The van der Waals surface area contributed by atoms with Crippen LogP contribution in [-0.4, -0.2) is 37.8 Å². The zero-order valence-corrected chi connectivity index (χ0v) is 13.3. The summed E-state index contributed by atoms with van der Waals surface area (Å²) in [6.07, 6.45) is 0. The lowest BCUT2D eigenvalue weighted by Gasteiger charge is -2.33. The molecule has 1 saturated heterocycles. The van der Waals surface area contributed by atoms with Crippen molar-refractivity contribution in [3.05, 3.63) is 65.7 Å². The number of benzene rings is 2. The summed E-state index contributed by atoms with van der Waals surface area (Å²) >= 11 is 0. The van der Waals surface area contributed by atoms with Gasteiger partial charge in [-0.1, -0.05) is 42.5 Å². The fraction of sp³-hybridized carbons (Fsp3) is 0.368. The van der Waals surface area contributed by atoms with Crippen molar-refractivity contribution < 1.29 is 4.39 Å². The van der Waals surface area contributed by atoms with Crippen LogP contribution in [0.1, 0.15) is 17.2 Å². The Morgan fingerprint density at radius 1 is 1.00 bits per heavy atom. The van der Waals surface area contributed by atoms with Gasteiger partial charge >= 0.3 is 0 Å². The normalized spacial score (nSPS) is 16.9. The average molecular weight is 313 g/mol. The SMILES string of the molecule is FC[C@H](c1ccc(NCc2ccccc2)cc1)N1CCNCC1. The lowest BCUT2D eigenvalue weighted by molar-refractivity contribution is 0.147. The second-order valence-electron chi connectivity index (χ2n) is 5.92. The third kappa shape index (κ3) is 4.30. The van der Waals surface area contributed by atoms with E-state index in [1.54, 1.807) is 0 Å². The number of nitrogens with one attached hydrogen (secondary N) is 2. The van der Waals surface area contributed by atoms with E-state index in [1.807, 2.05) is 42.5 Å². The zero-order chi connectivity index (χ0) is 15.9. The van der Waals surface area contributed by atoms with Crippen LogP contribution in [-0.2, 0) is 6.54 Å². The van der Waals surface area contributed by atoms with E-state index in [0.29, 0.717) is 0 Å². The van der Waals surface area contributed by atoms with Gasteiger partial charge < -0.3 is 10.6 Å². The van der Waals surface area contributed by atoms with E-state index in [0.717, 1.165) is 44.0 Å². The quantitative estimate of drug-likeness (QED) is 0.857. The first kappa shape index (κ1) is 16.0. The van der Waals surface area contributed by atoms with E-state index in [-0.39, 0.29) is 12.7 Å². The van der Waals surface area contributed by atoms with Crippen LogP contribution >= 0.6 is 0 Å². The highest BCUT2D eigenvalue weighted by Crippen LogP contribution is 2.23. The van der Waals surface area contributed by atoms with Gasteiger partial charge in [-0.25, -0.2) is 4.39 Å². The lowest BCUT2D eigenvalue weighted by Crippen LogP contribution is -2.45. The minimum Gasteiger partial charge on any atom is -0.381 e. The second kappa shape index (κ2) is 8.09. The van der Waals surface area contributed by atoms with E-state index in [4.69, 9.17) is 0 Å². The van der Waals surface area contributed by atoms with Crippen molar-refractivity contribution in [3.8, 4) is 0 Å². The summed E-state index contributed by atoms with van der Waals surface area (Å²) in [4.78, 5) is 2.23. The molecular formula is C19H24FN3. The Kier molecular flexibility index (Phi) is 5.61. The van der Waals surface area contributed by atoms with Gasteiger partial charge in [0.25, 0.3) is 0 Å². The zero-order valence-electron chi connectivity index (χ0n) is 13.3. The van der Waals surface area contributed by atoms with Crippen molar-refractivity contribution in [1.82, 2.24) is 10.2 Å². The molecule has 2 N–H and O–H groups in total. The van der Waals surface area contributed by atoms with Crippen molar-refractivity contribution in [3.63, 3.8) is 0 Å². The van der Waals surface area contributed by atoms with Crippen LogP contribution in [0.2, 0.25) is 0 Å². The number of rotatable bonds is 6. The van der Waals surface area contributed by atoms with Crippen LogP contribution in [0, 0.1) is 0 Å². The summed E-state index contributed by atoms with van der Waals surface area (Å²) in [5.74, 6) is 0. The summed E-state index contributed by atoms with van der Waals surface area (Å²) in [6, 6.07) is 18.4. The number of hydrogen-bond acceptors (Lipinski definition) is 3. The topological polar surface area (TPSA) is 27.3 Å². The molecule has 2 aromatic carbocycles. The number of nitrogens with zero attached hydrogens (tertiary/aromatic N) is 1. The Balaban J connectivity index is 1.61. The highest BCUT2D eigenvalue weighted by atomic mass is 19.1. The second-order valence-corrected chi connectivity index (χ2v) is 5.92. The van der Waals surface area contributed by atoms with Gasteiger partial charge in [-0.15, -0.1) is 0 Å². The largest absolute Gasteiger partial charge is 0.381 e. The molecule has 2 aromatic rings. The fourth-order valence-electron chi connectivity index (χ4n) is 3.01. The molecule has 1 aliphatic rings. The van der Waals surface area contributed by atoms with Gasteiger partial charge in [-0.3, -0.25) is 4.90 Å². The molecule has 3 nitrogen and oxygen atoms in total. The molecule has 0 bridgehead atoms.